The minimum Gasteiger partial charge on any atom is -0.326 e. The molecule has 1 aromatic heterocycles. The molecule has 1 amide bonds. The largest absolute Gasteiger partial charge is 0.416 e. The summed E-state index contributed by atoms with van der Waals surface area (Å²) in [4.78, 5) is 16.9. The minimum absolute atomic E-state index is 0.384. The Hall–Kier alpha value is -4.42. The fourth-order valence-corrected chi connectivity index (χ4v) is 6.51. The summed E-state index contributed by atoms with van der Waals surface area (Å²) in [6.07, 6.45) is 1.08. The highest BCUT2D eigenvalue weighted by atomic mass is 35.5. The zero-order valence-corrected chi connectivity index (χ0v) is 25.9. The van der Waals surface area contributed by atoms with Crippen LogP contribution in [0.15, 0.2) is 97.2 Å². The Bertz CT molecular complexity index is 2080. The van der Waals surface area contributed by atoms with Crippen molar-refractivity contribution in [3.8, 4) is 22.4 Å². The van der Waals surface area contributed by atoms with Crippen LogP contribution in [0.1, 0.15) is 34.1 Å². The summed E-state index contributed by atoms with van der Waals surface area (Å²) in [5, 5.41) is 0.916. The molecule has 2 heterocycles. The predicted octanol–water partition coefficient (Wildman–Crippen LogP) is 7.77. The molecule has 1 aliphatic heterocycles. The number of nitrogens with one attached hydrogen (secondary N) is 2. The Morgan fingerprint density at radius 3 is 2.28 bits per heavy atom. The lowest BCUT2D eigenvalue weighted by molar-refractivity contribution is -0.137. The van der Waals surface area contributed by atoms with Gasteiger partial charge in [-0.15, -0.1) is 0 Å². The van der Waals surface area contributed by atoms with Gasteiger partial charge in [0.05, 0.1) is 16.3 Å². The molecule has 46 heavy (non-hydrogen) atoms. The summed E-state index contributed by atoms with van der Waals surface area (Å²) >= 11 is 12.6. The zero-order valence-electron chi connectivity index (χ0n) is 23.6. The molecule has 0 radical (unpaired) electrons. The highest BCUT2D eigenvalue weighted by molar-refractivity contribution is 7.88. The maximum Gasteiger partial charge on any atom is 0.416 e. The Morgan fingerprint density at radius 2 is 1.63 bits per heavy atom. The molecule has 0 spiro atoms. The van der Waals surface area contributed by atoms with E-state index in [0.717, 1.165) is 23.3 Å². The van der Waals surface area contributed by atoms with E-state index < -0.39 is 33.9 Å². The van der Waals surface area contributed by atoms with Crippen molar-refractivity contribution in [1.82, 2.24) is 19.0 Å². The van der Waals surface area contributed by atoms with Gasteiger partial charge in [-0.2, -0.15) is 26.3 Å². The summed E-state index contributed by atoms with van der Waals surface area (Å²) in [5.74, 6) is -0.0582. The smallest absolute Gasteiger partial charge is 0.326 e. The molecule has 0 saturated carbocycles. The van der Waals surface area contributed by atoms with Crippen molar-refractivity contribution < 1.29 is 26.4 Å². The van der Waals surface area contributed by atoms with Crippen LogP contribution >= 0.6 is 23.2 Å². The molecule has 2 N–H and O–H groups in total. The standard InChI is InChI=1S/C33H23Cl2F3N4O3S/c34-26-13-14-27(28(35)17-26)29-19-42(18-21-6-11-23(12-7-21)31-32(43)41-46(44,45)40-31)30(39-29)15-8-20-4-9-22(10-5-20)24-2-1-3-25(16-24)33(36,37)38/h1-17,19,31,40H,18H2,(H,41,43). The summed E-state index contributed by atoms with van der Waals surface area (Å²) in [6, 6.07) is 23.4. The zero-order chi connectivity index (χ0) is 32.6. The first-order valence-electron chi connectivity index (χ1n) is 13.8. The highest BCUT2D eigenvalue weighted by Crippen LogP contribution is 2.33. The average molecular weight is 684 g/mol. The maximum atomic E-state index is 13.2. The lowest BCUT2D eigenvalue weighted by Gasteiger charge is -2.10. The lowest BCUT2D eigenvalue weighted by Crippen LogP contribution is -2.24. The van der Waals surface area contributed by atoms with E-state index in [4.69, 9.17) is 28.2 Å². The van der Waals surface area contributed by atoms with E-state index in [2.05, 4.69) is 4.72 Å². The number of carbonyl (C=O) groups excluding carboxylic acids is 1. The van der Waals surface area contributed by atoms with Gasteiger partial charge in [0.25, 0.3) is 5.91 Å². The summed E-state index contributed by atoms with van der Waals surface area (Å²) in [5.41, 5.74) is 3.85. The van der Waals surface area contributed by atoms with Crippen molar-refractivity contribution >= 4 is 51.5 Å². The molecule has 1 fully saturated rings. The number of benzene rings is 4. The Labute approximate surface area is 272 Å². The molecule has 234 valence electrons. The summed E-state index contributed by atoms with van der Waals surface area (Å²) in [6.45, 7) is 0.384. The molecule has 1 atom stereocenters. The average Bonchev–Trinajstić information content (AvgIpc) is 3.54. The van der Waals surface area contributed by atoms with Gasteiger partial charge in [-0.1, -0.05) is 89.9 Å². The number of halogens is 5. The van der Waals surface area contributed by atoms with Crippen molar-refractivity contribution in [2.24, 2.45) is 0 Å². The van der Waals surface area contributed by atoms with Gasteiger partial charge in [0.15, 0.2) is 0 Å². The third-order valence-electron chi connectivity index (χ3n) is 7.31. The number of hydrogen-bond acceptors (Lipinski definition) is 4. The number of nitrogens with zero attached hydrogens (tertiary/aromatic N) is 2. The minimum atomic E-state index is -4.43. The van der Waals surface area contributed by atoms with Crippen molar-refractivity contribution in [3.63, 3.8) is 0 Å². The first-order chi connectivity index (χ1) is 21.8. The third-order valence-corrected chi connectivity index (χ3v) is 8.87. The van der Waals surface area contributed by atoms with Crippen LogP contribution in [0.25, 0.3) is 34.5 Å². The first-order valence-corrected chi connectivity index (χ1v) is 16.0. The van der Waals surface area contributed by atoms with Crippen LogP contribution < -0.4 is 9.44 Å². The molecule has 1 unspecified atom stereocenters. The molecule has 1 saturated heterocycles. The van der Waals surface area contributed by atoms with E-state index in [1.165, 1.54) is 6.07 Å². The summed E-state index contributed by atoms with van der Waals surface area (Å²) in [7, 11) is -3.87. The molecule has 0 bridgehead atoms. The van der Waals surface area contributed by atoms with Crippen molar-refractivity contribution in [3.05, 3.63) is 135 Å². The van der Waals surface area contributed by atoms with Crippen LogP contribution in [-0.2, 0) is 27.7 Å². The Morgan fingerprint density at radius 1 is 0.891 bits per heavy atom. The van der Waals surface area contributed by atoms with E-state index in [1.807, 2.05) is 39.8 Å². The predicted molar refractivity (Wildman–Crippen MR) is 172 cm³/mol. The first kappa shape index (κ1) is 31.6. The van der Waals surface area contributed by atoms with Gasteiger partial charge in [-0.05, 0) is 64.2 Å². The Balaban J connectivity index is 1.27. The van der Waals surface area contributed by atoms with Crippen LogP contribution in [0.5, 0.6) is 0 Å². The molecular weight excluding hydrogens is 660 g/mol. The van der Waals surface area contributed by atoms with Crippen molar-refractivity contribution in [1.29, 1.82) is 0 Å². The van der Waals surface area contributed by atoms with Crippen LogP contribution in [0.3, 0.4) is 0 Å². The van der Waals surface area contributed by atoms with Gasteiger partial charge >= 0.3 is 16.4 Å². The number of aromatic nitrogens is 2. The number of imidazole rings is 1. The molecule has 0 aliphatic carbocycles. The number of alkyl halides is 3. The lowest BCUT2D eigenvalue weighted by atomic mass is 10.0. The van der Waals surface area contributed by atoms with E-state index in [1.54, 1.807) is 60.7 Å². The molecular formula is C33H23Cl2F3N4O3S. The second-order valence-electron chi connectivity index (χ2n) is 10.5. The van der Waals surface area contributed by atoms with E-state index in [0.29, 0.717) is 50.4 Å². The molecule has 4 aromatic carbocycles. The monoisotopic (exact) mass is 682 g/mol. The molecule has 7 nitrogen and oxygen atoms in total. The number of rotatable bonds is 7. The molecule has 6 rings (SSSR count). The molecule has 13 heteroatoms. The van der Waals surface area contributed by atoms with Crippen LogP contribution in [0, 0.1) is 0 Å². The van der Waals surface area contributed by atoms with Gasteiger partial charge < -0.3 is 4.57 Å². The quantitative estimate of drug-likeness (QED) is 0.183. The second kappa shape index (κ2) is 12.4. The van der Waals surface area contributed by atoms with Gasteiger partial charge in [-0.3, -0.25) is 4.79 Å². The highest BCUT2D eigenvalue weighted by Gasteiger charge is 2.35. The van der Waals surface area contributed by atoms with Crippen molar-refractivity contribution in [2.45, 2.75) is 18.8 Å². The molecule has 1 aliphatic rings. The van der Waals surface area contributed by atoms with E-state index in [9.17, 15) is 26.4 Å². The number of hydrogen-bond donors (Lipinski definition) is 2. The second-order valence-corrected chi connectivity index (χ2v) is 12.8. The van der Waals surface area contributed by atoms with Crippen molar-refractivity contribution in [2.75, 3.05) is 0 Å². The van der Waals surface area contributed by atoms with Gasteiger partial charge in [-0.25, -0.2) is 9.71 Å². The third kappa shape index (κ3) is 7.02. The van der Waals surface area contributed by atoms with Crippen LogP contribution in [0.4, 0.5) is 13.2 Å². The van der Waals surface area contributed by atoms with Gasteiger partial charge in [0.2, 0.25) is 0 Å². The number of carbonyl (C=O) groups is 1. The fourth-order valence-electron chi connectivity index (χ4n) is 5.01. The van der Waals surface area contributed by atoms with Crippen LogP contribution in [0.2, 0.25) is 10.0 Å². The van der Waals surface area contributed by atoms with E-state index >= 15 is 0 Å². The van der Waals surface area contributed by atoms with Gasteiger partial charge in [0.1, 0.15) is 11.9 Å². The molecule has 5 aromatic rings. The van der Waals surface area contributed by atoms with E-state index in [-0.39, 0.29) is 0 Å². The SMILES string of the molecule is O=C1NS(=O)(=O)NC1c1ccc(Cn2cc(-c3ccc(Cl)cc3Cl)nc2C=Cc2ccc(-c3cccc(C(F)(F)F)c3)cc2)cc1. The number of amides is 1. The maximum absolute atomic E-state index is 13.2. The normalized spacial score (nSPS) is 16.2. The Kier molecular flexibility index (Phi) is 8.51. The fraction of sp³-hybridized carbons (Fsp3) is 0.0909. The van der Waals surface area contributed by atoms with Gasteiger partial charge in [0, 0.05) is 23.3 Å². The van der Waals surface area contributed by atoms with Crippen LogP contribution in [-0.4, -0.2) is 23.9 Å². The topological polar surface area (TPSA) is 93.1 Å². The summed E-state index contributed by atoms with van der Waals surface area (Å²) < 4.78 is 69.1.